The first-order chi connectivity index (χ1) is 11.6. The van der Waals surface area contributed by atoms with Crippen molar-refractivity contribution < 1.29 is 54.7 Å². The van der Waals surface area contributed by atoms with Crippen LogP contribution in [0.15, 0.2) is 30.3 Å². The van der Waals surface area contributed by atoms with Gasteiger partial charge < -0.3 is 37.0 Å². The van der Waals surface area contributed by atoms with Crippen LogP contribution in [-0.2, 0) is 0 Å². The number of nitrogens with zero attached hydrogens (tertiary/aromatic N) is 4. The van der Waals surface area contributed by atoms with Crippen LogP contribution in [0.2, 0.25) is 0 Å². The molecule has 1 fully saturated rings. The number of halogens is 1. The second-order valence-corrected chi connectivity index (χ2v) is 7.30. The average Bonchev–Trinajstić information content (AvgIpc) is 2.61. The second-order valence-electron chi connectivity index (χ2n) is 7.30. The van der Waals surface area contributed by atoms with Gasteiger partial charge in [0.1, 0.15) is 0 Å². The Labute approximate surface area is 201 Å². The molecule has 7 heteroatoms. The molecule has 0 unspecified atom stereocenters. The molecule has 27 heavy (non-hydrogen) atoms. The van der Waals surface area contributed by atoms with Gasteiger partial charge in [0.15, 0.2) is 0 Å². The van der Waals surface area contributed by atoms with Gasteiger partial charge in [-0.3, -0.25) is 0 Å². The predicted octanol–water partition coefficient (Wildman–Crippen LogP) is -5.91. The number of hydrogen-bond donors (Lipinski definition) is 0. The standard InChI is InChI=1S/C20H35N4.BrH.2Li/c1-22(2)16-17-23(3)15-12-21-20(19-10-6-4-7-11-19)18-24-13-8-5-9-14-24;;;/h4,6-7,10-11,20H,5,8-9,12-18H2,1-3H3;1H;;/q-1;;2*+1/p-1/t20-;;;/m0.../s1. The van der Waals surface area contributed by atoms with Crippen LogP contribution in [0.25, 0.3) is 5.32 Å². The van der Waals surface area contributed by atoms with Crippen LogP contribution in [0.5, 0.6) is 0 Å². The number of hydrogen-bond acceptors (Lipinski definition) is 3. The van der Waals surface area contributed by atoms with Crippen molar-refractivity contribution in [2.45, 2.75) is 25.3 Å². The van der Waals surface area contributed by atoms with E-state index in [0.717, 1.165) is 32.7 Å². The SMILES string of the molecule is CN(C)CCN(C)CC[N-][C@@H](CN1CCCCC1)c1ccccc1.[Br-].[Li+].[Li+]. The summed E-state index contributed by atoms with van der Waals surface area (Å²) in [7, 11) is 6.45. The summed E-state index contributed by atoms with van der Waals surface area (Å²) in [5.41, 5.74) is 1.36. The van der Waals surface area contributed by atoms with Crippen LogP contribution in [-0.4, -0.2) is 81.7 Å². The maximum atomic E-state index is 5.06. The average molecular weight is 425 g/mol. The smallest absolute Gasteiger partial charge is 1.00 e. The van der Waals surface area contributed by atoms with Gasteiger partial charge in [-0.1, -0.05) is 48.4 Å². The van der Waals surface area contributed by atoms with Crippen molar-refractivity contribution in [1.29, 1.82) is 0 Å². The predicted molar refractivity (Wildman–Crippen MR) is 104 cm³/mol. The molecule has 0 amide bonds. The molecule has 0 aromatic heterocycles. The molecule has 1 aromatic rings. The molecule has 1 aliphatic heterocycles. The Kier molecular flexibility index (Phi) is 19.5. The van der Waals surface area contributed by atoms with Gasteiger partial charge in [0.2, 0.25) is 0 Å². The van der Waals surface area contributed by atoms with Crippen molar-refractivity contribution in [1.82, 2.24) is 14.7 Å². The van der Waals surface area contributed by atoms with Gasteiger partial charge >= 0.3 is 37.7 Å². The minimum Gasteiger partial charge on any atom is -1.00 e. The maximum Gasteiger partial charge on any atom is 1.00 e. The van der Waals surface area contributed by atoms with E-state index in [9.17, 15) is 0 Å². The van der Waals surface area contributed by atoms with Crippen molar-refractivity contribution in [2.24, 2.45) is 0 Å². The molecule has 0 saturated carbocycles. The minimum absolute atomic E-state index is 0. The van der Waals surface area contributed by atoms with Crippen LogP contribution in [0, 0.1) is 0 Å². The fourth-order valence-corrected chi connectivity index (χ4v) is 3.20. The number of benzene rings is 1. The van der Waals surface area contributed by atoms with Crippen molar-refractivity contribution in [3.8, 4) is 0 Å². The Morgan fingerprint density at radius 3 is 2.15 bits per heavy atom. The molecule has 144 valence electrons. The normalized spacial score (nSPS) is 15.6. The Hall–Kier alpha value is 0.735. The third-order valence-corrected chi connectivity index (χ3v) is 4.82. The zero-order valence-electron chi connectivity index (χ0n) is 18.2. The summed E-state index contributed by atoms with van der Waals surface area (Å²) in [6, 6.07) is 11.1. The van der Waals surface area contributed by atoms with Crippen molar-refractivity contribution in [3.63, 3.8) is 0 Å². The van der Waals surface area contributed by atoms with Crippen LogP contribution < -0.4 is 54.7 Å². The van der Waals surface area contributed by atoms with Crippen LogP contribution in [0.1, 0.15) is 30.9 Å². The summed E-state index contributed by atoms with van der Waals surface area (Å²) >= 11 is 0. The molecule has 0 aliphatic carbocycles. The van der Waals surface area contributed by atoms with Crippen LogP contribution in [0.3, 0.4) is 0 Å². The van der Waals surface area contributed by atoms with Crippen LogP contribution in [0.4, 0.5) is 0 Å². The first-order valence-electron chi connectivity index (χ1n) is 9.42. The van der Waals surface area contributed by atoms with Gasteiger partial charge in [0, 0.05) is 13.1 Å². The van der Waals surface area contributed by atoms with Crippen molar-refractivity contribution in [3.05, 3.63) is 41.2 Å². The fourth-order valence-electron chi connectivity index (χ4n) is 3.20. The summed E-state index contributed by atoms with van der Waals surface area (Å²) in [5.74, 6) is 0. The van der Waals surface area contributed by atoms with E-state index in [-0.39, 0.29) is 54.7 Å². The third-order valence-electron chi connectivity index (χ3n) is 4.82. The first kappa shape index (κ1) is 29.9. The fraction of sp³-hybridized carbons (Fsp3) is 0.700. The second kappa shape index (κ2) is 17.6. The van der Waals surface area contributed by atoms with E-state index >= 15 is 0 Å². The molecular formula is C20H35BrLi2N4. The Balaban J connectivity index is 0. The summed E-state index contributed by atoms with van der Waals surface area (Å²) in [6.07, 6.45) is 4.07. The van der Waals surface area contributed by atoms with Crippen molar-refractivity contribution in [2.75, 3.05) is 67.0 Å². The number of likely N-dealkylation sites (tertiary alicyclic amines) is 1. The summed E-state index contributed by atoms with van der Waals surface area (Å²) in [6.45, 7) is 7.71. The van der Waals surface area contributed by atoms with Gasteiger partial charge in [-0.25, -0.2) is 0 Å². The first-order valence-corrected chi connectivity index (χ1v) is 9.42. The minimum atomic E-state index is 0. The number of likely N-dealkylation sites (N-methyl/N-ethyl adjacent to an activating group) is 2. The van der Waals surface area contributed by atoms with Gasteiger partial charge in [-0.05, 0) is 60.2 Å². The molecule has 1 atom stereocenters. The molecule has 1 aliphatic rings. The van der Waals surface area contributed by atoms with Crippen molar-refractivity contribution >= 4 is 0 Å². The molecule has 1 saturated heterocycles. The van der Waals surface area contributed by atoms with E-state index in [1.54, 1.807) is 0 Å². The molecule has 2 rings (SSSR count). The molecule has 1 heterocycles. The quantitative estimate of drug-likeness (QED) is 0.349. The Bertz CT molecular complexity index is 445. The van der Waals surface area contributed by atoms with Gasteiger partial charge in [0.05, 0.1) is 0 Å². The van der Waals surface area contributed by atoms with Gasteiger partial charge in [0.25, 0.3) is 0 Å². The zero-order chi connectivity index (χ0) is 17.2. The number of rotatable bonds is 10. The van der Waals surface area contributed by atoms with Gasteiger partial charge in [-0.2, -0.15) is 0 Å². The molecule has 0 bridgehead atoms. The van der Waals surface area contributed by atoms with E-state index in [4.69, 9.17) is 5.32 Å². The molecule has 0 N–H and O–H groups in total. The number of piperidine rings is 1. The van der Waals surface area contributed by atoms with E-state index < -0.39 is 0 Å². The Morgan fingerprint density at radius 2 is 1.56 bits per heavy atom. The monoisotopic (exact) mass is 424 g/mol. The van der Waals surface area contributed by atoms with E-state index in [2.05, 4.69) is 66.2 Å². The molecule has 0 spiro atoms. The van der Waals surface area contributed by atoms with E-state index in [1.807, 2.05) is 0 Å². The maximum absolute atomic E-state index is 5.06. The van der Waals surface area contributed by atoms with Crippen LogP contribution >= 0.6 is 0 Å². The van der Waals surface area contributed by atoms with Gasteiger partial charge in [-0.15, -0.1) is 6.54 Å². The molecule has 0 radical (unpaired) electrons. The third kappa shape index (κ3) is 12.8. The Morgan fingerprint density at radius 1 is 0.926 bits per heavy atom. The summed E-state index contributed by atoms with van der Waals surface area (Å²) in [4.78, 5) is 7.21. The van der Waals surface area contributed by atoms with E-state index in [1.165, 1.54) is 37.9 Å². The summed E-state index contributed by atoms with van der Waals surface area (Å²) in [5, 5.41) is 5.06. The molecular weight excluding hydrogens is 390 g/mol. The largest absolute Gasteiger partial charge is 1.00 e. The molecule has 4 nitrogen and oxygen atoms in total. The summed E-state index contributed by atoms with van der Waals surface area (Å²) < 4.78 is 0. The molecule has 1 aromatic carbocycles. The topological polar surface area (TPSA) is 23.8 Å². The zero-order valence-corrected chi connectivity index (χ0v) is 19.8. The van der Waals surface area contributed by atoms with E-state index in [0.29, 0.717) is 6.04 Å².